The molecule has 0 aliphatic carbocycles. The largest absolute Gasteiger partial charge is 0.343 e. The molecule has 0 saturated carbocycles. The van der Waals surface area contributed by atoms with Gasteiger partial charge < -0.3 is 5.32 Å². The molecule has 2 atom stereocenters. The van der Waals surface area contributed by atoms with E-state index in [0.29, 0.717) is 5.92 Å². The number of amides is 1. The fourth-order valence-corrected chi connectivity index (χ4v) is 3.76. The zero-order valence-electron chi connectivity index (χ0n) is 15.8. The number of aromatic amines is 1. The van der Waals surface area contributed by atoms with Crippen LogP contribution < -0.4 is 16.6 Å². The van der Waals surface area contributed by atoms with E-state index in [1.807, 2.05) is 29.6 Å². The Morgan fingerprint density at radius 3 is 2.46 bits per heavy atom. The molecule has 0 aliphatic heterocycles. The van der Waals surface area contributed by atoms with E-state index in [0.717, 1.165) is 16.9 Å². The number of carbonyl (C=O) groups excluding carboxylic acids is 1. The molecule has 2 N–H and O–H groups in total. The Morgan fingerprint density at radius 2 is 1.86 bits per heavy atom. The van der Waals surface area contributed by atoms with E-state index < -0.39 is 11.2 Å². The third-order valence-corrected chi connectivity index (χ3v) is 5.73. The highest BCUT2D eigenvalue weighted by Crippen LogP contribution is 2.28. The molecule has 6 nitrogen and oxygen atoms in total. The minimum atomic E-state index is -0.603. The second-order valence-electron chi connectivity index (χ2n) is 6.73. The summed E-state index contributed by atoms with van der Waals surface area (Å²) in [5.74, 6) is 0.175. The number of rotatable bonds is 7. The van der Waals surface area contributed by atoms with Gasteiger partial charge in [-0.2, -0.15) is 0 Å². The molecule has 0 bridgehead atoms. The van der Waals surface area contributed by atoms with Crippen molar-refractivity contribution in [3.05, 3.63) is 90.9 Å². The molecule has 0 saturated heterocycles. The molecule has 0 unspecified atom stereocenters. The number of benzene rings is 1. The molecule has 1 aromatic carbocycles. The van der Waals surface area contributed by atoms with Crippen molar-refractivity contribution < 1.29 is 4.79 Å². The number of nitrogens with zero attached hydrogens (tertiary/aromatic N) is 1. The van der Waals surface area contributed by atoms with Crippen molar-refractivity contribution >= 4 is 17.2 Å². The van der Waals surface area contributed by atoms with Gasteiger partial charge in [0, 0.05) is 17.1 Å². The van der Waals surface area contributed by atoms with Crippen molar-refractivity contribution in [2.75, 3.05) is 0 Å². The minimum Gasteiger partial charge on any atom is -0.343 e. The Kier molecular flexibility index (Phi) is 6.26. The first-order valence-corrected chi connectivity index (χ1v) is 10.1. The average molecular weight is 398 g/mol. The van der Waals surface area contributed by atoms with Crippen molar-refractivity contribution in [2.24, 2.45) is 0 Å². The van der Waals surface area contributed by atoms with Crippen LogP contribution in [0.1, 0.15) is 48.2 Å². The molecule has 0 fully saturated rings. The minimum absolute atomic E-state index is 0.164. The summed E-state index contributed by atoms with van der Waals surface area (Å²) in [6.45, 7) is 4.18. The summed E-state index contributed by atoms with van der Waals surface area (Å²) in [5, 5.41) is 4.98. The monoisotopic (exact) mass is 397 g/mol. The number of H-pyrrole nitrogens is 1. The van der Waals surface area contributed by atoms with E-state index in [4.69, 9.17) is 0 Å². The van der Waals surface area contributed by atoms with Crippen LogP contribution in [0.2, 0.25) is 0 Å². The molecule has 28 heavy (non-hydrogen) atoms. The first-order chi connectivity index (χ1) is 13.5. The van der Waals surface area contributed by atoms with Gasteiger partial charge in [-0.1, -0.05) is 44.2 Å². The van der Waals surface area contributed by atoms with Gasteiger partial charge in [-0.25, -0.2) is 4.79 Å². The summed E-state index contributed by atoms with van der Waals surface area (Å²) < 4.78 is 1.17. The molecule has 2 aromatic heterocycles. The lowest BCUT2D eigenvalue weighted by Gasteiger charge is -2.19. The summed E-state index contributed by atoms with van der Waals surface area (Å²) >= 11 is 1.56. The topological polar surface area (TPSA) is 84.0 Å². The standard InChI is InChI=1S/C21H23N3O3S/c1-3-14(2)15-6-8-16(9-7-15)20(17-5-4-12-28-17)22-19(26)13-24-11-10-18(25)23-21(24)27/h4-12,14,20H,3,13H2,1-2H3,(H,22,26)(H,23,25,27)/t14-,20+/m1/s1. The Hall–Kier alpha value is -2.93. The van der Waals surface area contributed by atoms with E-state index in [1.54, 1.807) is 11.3 Å². The van der Waals surface area contributed by atoms with E-state index in [-0.39, 0.29) is 18.5 Å². The highest BCUT2D eigenvalue weighted by Gasteiger charge is 2.19. The molecule has 2 heterocycles. The van der Waals surface area contributed by atoms with Gasteiger partial charge in [0.1, 0.15) is 6.54 Å². The summed E-state index contributed by atoms with van der Waals surface area (Å²) in [4.78, 5) is 38.8. The fourth-order valence-electron chi connectivity index (χ4n) is 2.96. The van der Waals surface area contributed by atoms with Gasteiger partial charge in [0.05, 0.1) is 6.04 Å². The van der Waals surface area contributed by atoms with Gasteiger partial charge in [-0.15, -0.1) is 11.3 Å². The molecular formula is C21H23N3O3S. The van der Waals surface area contributed by atoms with Crippen molar-refractivity contribution in [1.29, 1.82) is 0 Å². The highest BCUT2D eigenvalue weighted by molar-refractivity contribution is 7.10. The molecule has 146 valence electrons. The summed E-state index contributed by atoms with van der Waals surface area (Å²) in [5.41, 5.74) is 1.16. The second-order valence-corrected chi connectivity index (χ2v) is 7.71. The van der Waals surface area contributed by atoms with Gasteiger partial charge in [0.15, 0.2) is 0 Å². The number of aromatic nitrogens is 2. The maximum Gasteiger partial charge on any atom is 0.328 e. The Bertz CT molecular complexity index is 1040. The van der Waals surface area contributed by atoms with Gasteiger partial charge in [0.2, 0.25) is 5.91 Å². The van der Waals surface area contributed by atoms with Crippen molar-refractivity contribution in [3.8, 4) is 0 Å². The molecule has 1 amide bonds. The van der Waals surface area contributed by atoms with Crippen LogP contribution in [0, 0.1) is 0 Å². The second kappa shape index (κ2) is 8.84. The number of hydrogen-bond donors (Lipinski definition) is 2. The lowest BCUT2D eigenvalue weighted by atomic mass is 9.95. The predicted molar refractivity (Wildman–Crippen MR) is 111 cm³/mol. The maximum atomic E-state index is 12.6. The Labute approximate surface area is 166 Å². The summed E-state index contributed by atoms with van der Waals surface area (Å²) in [7, 11) is 0. The normalized spacial score (nSPS) is 13.1. The van der Waals surface area contributed by atoms with Crippen LogP contribution in [-0.4, -0.2) is 15.5 Å². The van der Waals surface area contributed by atoms with Crippen LogP contribution in [-0.2, 0) is 11.3 Å². The van der Waals surface area contributed by atoms with Crippen molar-refractivity contribution in [2.45, 2.75) is 38.8 Å². The van der Waals surface area contributed by atoms with E-state index in [1.165, 1.54) is 22.4 Å². The quantitative estimate of drug-likeness (QED) is 0.643. The molecule has 0 spiro atoms. The highest BCUT2D eigenvalue weighted by atomic mass is 32.1. The van der Waals surface area contributed by atoms with Gasteiger partial charge in [0.25, 0.3) is 5.56 Å². The van der Waals surface area contributed by atoms with Crippen molar-refractivity contribution in [3.63, 3.8) is 0 Å². The molecule has 3 rings (SSSR count). The van der Waals surface area contributed by atoms with Crippen molar-refractivity contribution in [1.82, 2.24) is 14.9 Å². The molecule has 0 aliphatic rings. The first-order valence-electron chi connectivity index (χ1n) is 9.20. The lowest BCUT2D eigenvalue weighted by Crippen LogP contribution is -2.37. The average Bonchev–Trinajstić information content (AvgIpc) is 3.22. The molecule has 3 aromatic rings. The van der Waals surface area contributed by atoms with Crippen LogP contribution in [0.3, 0.4) is 0 Å². The number of hydrogen-bond acceptors (Lipinski definition) is 4. The van der Waals surface area contributed by atoms with E-state index in [9.17, 15) is 14.4 Å². The smallest absolute Gasteiger partial charge is 0.328 e. The maximum absolute atomic E-state index is 12.6. The van der Waals surface area contributed by atoms with Crippen LogP contribution in [0.5, 0.6) is 0 Å². The van der Waals surface area contributed by atoms with E-state index >= 15 is 0 Å². The Morgan fingerprint density at radius 1 is 1.14 bits per heavy atom. The van der Waals surface area contributed by atoms with Gasteiger partial charge in [-0.05, 0) is 34.9 Å². The first kappa shape index (κ1) is 19.8. The number of thiophene rings is 1. The lowest BCUT2D eigenvalue weighted by molar-refractivity contribution is -0.122. The third-order valence-electron chi connectivity index (χ3n) is 4.80. The van der Waals surface area contributed by atoms with Crippen LogP contribution in [0.25, 0.3) is 0 Å². The van der Waals surface area contributed by atoms with E-state index in [2.05, 4.69) is 36.3 Å². The fraction of sp³-hybridized carbons (Fsp3) is 0.286. The van der Waals surface area contributed by atoms with Gasteiger partial charge >= 0.3 is 5.69 Å². The van der Waals surface area contributed by atoms with Crippen LogP contribution in [0.15, 0.2) is 63.6 Å². The van der Waals surface area contributed by atoms with Gasteiger partial charge in [-0.3, -0.25) is 19.1 Å². The third kappa shape index (κ3) is 4.67. The zero-order chi connectivity index (χ0) is 20.1. The molecule has 7 heteroatoms. The summed E-state index contributed by atoms with van der Waals surface area (Å²) in [6.07, 6.45) is 2.39. The van der Waals surface area contributed by atoms with Crippen LogP contribution >= 0.6 is 11.3 Å². The number of nitrogens with one attached hydrogen (secondary N) is 2. The molecule has 0 radical (unpaired) electrons. The SMILES string of the molecule is CC[C@@H](C)c1ccc([C@H](NC(=O)Cn2ccc(=O)[nH]c2=O)c2cccs2)cc1. The number of carbonyl (C=O) groups is 1. The summed E-state index contributed by atoms with van der Waals surface area (Å²) in [6, 6.07) is 13.1. The van der Waals surface area contributed by atoms with Crippen LogP contribution in [0.4, 0.5) is 0 Å². The predicted octanol–water partition coefficient (Wildman–Crippen LogP) is 3.02. The Balaban J connectivity index is 1.82. The molecular weight excluding hydrogens is 374 g/mol. The zero-order valence-corrected chi connectivity index (χ0v) is 16.7.